The third-order valence-corrected chi connectivity index (χ3v) is 3.68. The topological polar surface area (TPSA) is 62.5 Å². The first kappa shape index (κ1) is 13.8. The van der Waals surface area contributed by atoms with E-state index in [0.29, 0.717) is 0 Å². The molecule has 1 saturated heterocycles. The highest BCUT2D eigenvalue weighted by atomic mass is 16.2. The average Bonchev–Trinajstić information content (AvgIpc) is 2.38. The Hall–Kier alpha value is -1.62. The van der Waals surface area contributed by atoms with Gasteiger partial charge in [0.1, 0.15) is 5.82 Å². The number of aromatic nitrogens is 1. The van der Waals surface area contributed by atoms with Gasteiger partial charge in [0.15, 0.2) is 0 Å². The van der Waals surface area contributed by atoms with Gasteiger partial charge in [0.05, 0.1) is 0 Å². The molecule has 0 spiro atoms. The van der Waals surface area contributed by atoms with Crippen molar-refractivity contribution in [1.29, 1.82) is 0 Å². The van der Waals surface area contributed by atoms with Crippen LogP contribution in [0, 0.1) is 6.92 Å². The number of hydrogen-bond donors (Lipinski definition) is 1. The van der Waals surface area contributed by atoms with E-state index < -0.39 is 0 Å². The fourth-order valence-corrected chi connectivity index (χ4v) is 2.45. The summed E-state index contributed by atoms with van der Waals surface area (Å²) in [6, 6.07) is 2.10. The average molecular weight is 262 g/mol. The molecule has 1 aliphatic rings. The Bertz CT molecular complexity index is 465. The van der Waals surface area contributed by atoms with Crippen LogP contribution >= 0.6 is 0 Å². The Labute approximate surface area is 114 Å². The summed E-state index contributed by atoms with van der Waals surface area (Å²) < 4.78 is 0. The van der Waals surface area contributed by atoms with Crippen molar-refractivity contribution in [2.75, 3.05) is 31.1 Å². The van der Waals surface area contributed by atoms with E-state index in [1.807, 2.05) is 18.0 Å². The maximum atomic E-state index is 11.3. The summed E-state index contributed by atoms with van der Waals surface area (Å²) in [5, 5.41) is 0. The molecule has 1 aliphatic heterocycles. The van der Waals surface area contributed by atoms with Crippen LogP contribution in [0.4, 0.5) is 5.82 Å². The first-order valence-corrected chi connectivity index (χ1v) is 6.71. The van der Waals surface area contributed by atoms with Gasteiger partial charge in [0.2, 0.25) is 5.91 Å². The normalized spacial score (nSPS) is 17.5. The summed E-state index contributed by atoms with van der Waals surface area (Å²) in [6.07, 6.45) is 1.87. The van der Waals surface area contributed by atoms with Gasteiger partial charge in [0, 0.05) is 45.3 Å². The SMILES string of the molecule is CC(=O)N1CCN(c2cc(C)c([C@@H](C)N)cn2)CC1. The fraction of sp³-hybridized carbons (Fsp3) is 0.571. The van der Waals surface area contributed by atoms with Crippen molar-refractivity contribution in [2.45, 2.75) is 26.8 Å². The lowest BCUT2D eigenvalue weighted by atomic mass is 10.1. The number of carbonyl (C=O) groups is 1. The second-order valence-corrected chi connectivity index (χ2v) is 5.18. The smallest absolute Gasteiger partial charge is 0.219 e. The van der Waals surface area contributed by atoms with Crippen LogP contribution in [-0.4, -0.2) is 42.0 Å². The molecule has 0 aliphatic carbocycles. The lowest BCUT2D eigenvalue weighted by Crippen LogP contribution is -2.48. The van der Waals surface area contributed by atoms with Crippen LogP contribution in [0.5, 0.6) is 0 Å². The van der Waals surface area contributed by atoms with Gasteiger partial charge in [-0.2, -0.15) is 0 Å². The van der Waals surface area contributed by atoms with Crippen LogP contribution in [0.1, 0.15) is 31.0 Å². The van der Waals surface area contributed by atoms with Crippen LogP contribution in [0.25, 0.3) is 0 Å². The molecule has 0 bridgehead atoms. The van der Waals surface area contributed by atoms with Crippen molar-refractivity contribution in [3.05, 3.63) is 23.4 Å². The third kappa shape index (κ3) is 3.04. The van der Waals surface area contributed by atoms with Crippen molar-refractivity contribution >= 4 is 11.7 Å². The van der Waals surface area contributed by atoms with E-state index in [1.165, 1.54) is 5.56 Å². The molecule has 2 rings (SSSR count). The number of carbonyl (C=O) groups excluding carboxylic acids is 1. The Morgan fingerprint density at radius 3 is 2.47 bits per heavy atom. The number of rotatable bonds is 2. The van der Waals surface area contributed by atoms with Gasteiger partial charge in [-0.05, 0) is 31.0 Å². The van der Waals surface area contributed by atoms with E-state index in [4.69, 9.17) is 5.73 Å². The summed E-state index contributed by atoms with van der Waals surface area (Å²) in [5.74, 6) is 1.13. The van der Waals surface area contributed by atoms with Gasteiger partial charge < -0.3 is 15.5 Å². The molecule has 0 aromatic carbocycles. The fourth-order valence-electron chi connectivity index (χ4n) is 2.45. The minimum atomic E-state index is 0.0103. The zero-order chi connectivity index (χ0) is 14.0. The van der Waals surface area contributed by atoms with E-state index in [0.717, 1.165) is 37.6 Å². The third-order valence-electron chi connectivity index (χ3n) is 3.68. The number of anilines is 1. The summed E-state index contributed by atoms with van der Waals surface area (Å²) in [5.41, 5.74) is 8.16. The Kier molecular flexibility index (Phi) is 4.04. The van der Waals surface area contributed by atoms with Gasteiger partial charge in [-0.25, -0.2) is 4.98 Å². The molecule has 1 atom stereocenters. The molecule has 5 nitrogen and oxygen atoms in total. The molecule has 1 aromatic rings. The molecule has 1 aromatic heterocycles. The lowest BCUT2D eigenvalue weighted by molar-refractivity contribution is -0.129. The summed E-state index contributed by atoms with van der Waals surface area (Å²) in [4.78, 5) is 19.9. The highest BCUT2D eigenvalue weighted by Gasteiger charge is 2.20. The van der Waals surface area contributed by atoms with E-state index in [9.17, 15) is 4.79 Å². The van der Waals surface area contributed by atoms with E-state index in [-0.39, 0.29) is 11.9 Å². The Morgan fingerprint density at radius 1 is 1.37 bits per heavy atom. The largest absolute Gasteiger partial charge is 0.353 e. The van der Waals surface area contributed by atoms with Gasteiger partial charge in [0.25, 0.3) is 0 Å². The maximum absolute atomic E-state index is 11.3. The Balaban J connectivity index is 2.08. The maximum Gasteiger partial charge on any atom is 0.219 e. The number of nitrogens with two attached hydrogens (primary N) is 1. The standard InChI is InChI=1S/C14H22N4O/c1-10-8-14(16-9-13(10)11(2)15)18-6-4-17(5-7-18)12(3)19/h8-9,11H,4-7,15H2,1-3H3/t11-/m1/s1. The molecular weight excluding hydrogens is 240 g/mol. The minimum absolute atomic E-state index is 0.0103. The minimum Gasteiger partial charge on any atom is -0.353 e. The van der Waals surface area contributed by atoms with Gasteiger partial charge in [-0.15, -0.1) is 0 Å². The predicted molar refractivity (Wildman–Crippen MR) is 76.0 cm³/mol. The van der Waals surface area contributed by atoms with Gasteiger partial charge >= 0.3 is 0 Å². The molecular formula is C14H22N4O. The highest BCUT2D eigenvalue weighted by molar-refractivity contribution is 5.73. The number of piperazine rings is 1. The van der Waals surface area contributed by atoms with Crippen molar-refractivity contribution < 1.29 is 4.79 Å². The zero-order valence-electron chi connectivity index (χ0n) is 11.9. The summed E-state index contributed by atoms with van der Waals surface area (Å²) in [7, 11) is 0. The number of pyridine rings is 1. The Morgan fingerprint density at radius 2 is 2.00 bits per heavy atom. The van der Waals surface area contributed by atoms with Crippen molar-refractivity contribution in [1.82, 2.24) is 9.88 Å². The molecule has 0 radical (unpaired) electrons. The molecule has 5 heteroatoms. The van der Waals surface area contributed by atoms with Crippen LogP contribution < -0.4 is 10.6 Å². The van der Waals surface area contributed by atoms with Crippen molar-refractivity contribution in [2.24, 2.45) is 5.73 Å². The number of hydrogen-bond acceptors (Lipinski definition) is 4. The van der Waals surface area contributed by atoms with Gasteiger partial charge in [-0.3, -0.25) is 4.79 Å². The molecule has 0 unspecified atom stereocenters. The predicted octanol–water partition coefficient (Wildman–Crippen LogP) is 1.08. The van der Waals surface area contributed by atoms with Crippen LogP contribution in [0.2, 0.25) is 0 Å². The first-order chi connectivity index (χ1) is 8.99. The zero-order valence-corrected chi connectivity index (χ0v) is 11.9. The van der Waals surface area contributed by atoms with Crippen LogP contribution in [0.15, 0.2) is 12.3 Å². The molecule has 104 valence electrons. The molecule has 1 fully saturated rings. The molecule has 0 saturated carbocycles. The second-order valence-electron chi connectivity index (χ2n) is 5.18. The van der Waals surface area contributed by atoms with Crippen LogP contribution in [0.3, 0.4) is 0 Å². The number of aryl methyl sites for hydroxylation is 1. The van der Waals surface area contributed by atoms with E-state index in [1.54, 1.807) is 6.92 Å². The number of amides is 1. The molecule has 1 amide bonds. The van der Waals surface area contributed by atoms with E-state index in [2.05, 4.69) is 22.9 Å². The second kappa shape index (κ2) is 5.57. The van der Waals surface area contributed by atoms with Crippen LogP contribution in [-0.2, 0) is 4.79 Å². The number of nitrogens with zero attached hydrogens (tertiary/aromatic N) is 3. The summed E-state index contributed by atoms with van der Waals surface area (Å²) >= 11 is 0. The molecule has 2 N–H and O–H groups in total. The van der Waals surface area contributed by atoms with Crippen molar-refractivity contribution in [3.63, 3.8) is 0 Å². The van der Waals surface area contributed by atoms with Gasteiger partial charge in [-0.1, -0.05) is 0 Å². The first-order valence-electron chi connectivity index (χ1n) is 6.71. The molecule has 19 heavy (non-hydrogen) atoms. The lowest BCUT2D eigenvalue weighted by Gasteiger charge is -2.35. The molecule has 2 heterocycles. The van der Waals surface area contributed by atoms with E-state index >= 15 is 0 Å². The van der Waals surface area contributed by atoms with Crippen molar-refractivity contribution in [3.8, 4) is 0 Å². The monoisotopic (exact) mass is 262 g/mol. The highest BCUT2D eigenvalue weighted by Crippen LogP contribution is 2.20. The quantitative estimate of drug-likeness (QED) is 0.866. The summed E-state index contributed by atoms with van der Waals surface area (Å²) in [6.45, 7) is 8.86.